The third-order valence-corrected chi connectivity index (χ3v) is 3.38. The Morgan fingerprint density at radius 3 is 2.53 bits per heavy atom. The maximum Gasteiger partial charge on any atom is 0.0733 e. The number of nitrogens with zero attached hydrogens (tertiary/aromatic N) is 2. The van der Waals surface area contributed by atoms with Crippen molar-refractivity contribution in [3.63, 3.8) is 0 Å². The lowest BCUT2D eigenvalue weighted by molar-refractivity contribution is 0.185. The van der Waals surface area contributed by atoms with E-state index in [1.807, 2.05) is 0 Å². The van der Waals surface area contributed by atoms with Crippen LogP contribution in [0.3, 0.4) is 0 Å². The van der Waals surface area contributed by atoms with Crippen molar-refractivity contribution in [3.8, 4) is 0 Å². The van der Waals surface area contributed by atoms with E-state index in [0.717, 1.165) is 26.2 Å². The van der Waals surface area contributed by atoms with Crippen molar-refractivity contribution in [1.82, 2.24) is 4.90 Å². The van der Waals surface area contributed by atoms with Crippen molar-refractivity contribution in [2.45, 2.75) is 13.5 Å². The molecule has 0 aliphatic carbocycles. The van der Waals surface area contributed by atoms with Crippen molar-refractivity contribution >= 4 is 5.69 Å². The number of anilines is 1. The lowest BCUT2D eigenvalue weighted by Gasteiger charge is -2.35. The van der Waals surface area contributed by atoms with E-state index in [1.165, 1.54) is 16.8 Å². The first-order valence-corrected chi connectivity index (χ1v) is 6.22. The lowest BCUT2D eigenvalue weighted by Crippen LogP contribution is -2.44. The number of rotatable bonds is 3. The summed E-state index contributed by atoms with van der Waals surface area (Å²) in [5.41, 5.74) is 3.94. The van der Waals surface area contributed by atoms with Crippen LogP contribution in [0.4, 0.5) is 5.69 Å². The zero-order chi connectivity index (χ0) is 12.3. The van der Waals surface area contributed by atoms with Gasteiger partial charge in [-0.05, 0) is 20.0 Å². The van der Waals surface area contributed by atoms with E-state index in [1.54, 1.807) is 7.11 Å². The second-order valence-electron chi connectivity index (χ2n) is 4.86. The van der Waals surface area contributed by atoms with E-state index >= 15 is 0 Å². The summed E-state index contributed by atoms with van der Waals surface area (Å²) >= 11 is 0. The molecule has 0 aromatic heterocycles. The normalized spacial score (nSPS) is 17.5. The van der Waals surface area contributed by atoms with Crippen molar-refractivity contribution in [2.75, 3.05) is 45.2 Å². The van der Waals surface area contributed by atoms with Crippen LogP contribution < -0.4 is 4.90 Å². The number of aryl methyl sites for hydroxylation is 1. The molecule has 1 aromatic carbocycles. The molecule has 3 heteroatoms. The molecule has 2 rings (SSSR count). The molecule has 17 heavy (non-hydrogen) atoms. The second-order valence-corrected chi connectivity index (χ2v) is 4.86. The number of benzene rings is 1. The highest BCUT2D eigenvalue weighted by Crippen LogP contribution is 2.23. The van der Waals surface area contributed by atoms with Gasteiger partial charge in [0, 0.05) is 44.5 Å². The minimum absolute atomic E-state index is 0.698. The summed E-state index contributed by atoms with van der Waals surface area (Å²) in [6, 6.07) is 6.65. The van der Waals surface area contributed by atoms with Gasteiger partial charge in [-0.25, -0.2) is 0 Å². The minimum Gasteiger partial charge on any atom is -0.380 e. The Kier molecular flexibility index (Phi) is 4.02. The molecule has 1 aliphatic rings. The fourth-order valence-corrected chi connectivity index (χ4v) is 2.34. The molecule has 0 bridgehead atoms. The first-order valence-electron chi connectivity index (χ1n) is 6.22. The Morgan fingerprint density at radius 1 is 1.18 bits per heavy atom. The molecule has 3 nitrogen and oxygen atoms in total. The predicted octanol–water partition coefficient (Wildman–Crippen LogP) is 1.89. The van der Waals surface area contributed by atoms with Gasteiger partial charge >= 0.3 is 0 Å². The van der Waals surface area contributed by atoms with Gasteiger partial charge in [0.15, 0.2) is 0 Å². The van der Waals surface area contributed by atoms with Gasteiger partial charge in [-0.15, -0.1) is 0 Å². The average Bonchev–Trinajstić information content (AvgIpc) is 2.31. The Bertz CT molecular complexity index is 370. The molecule has 1 heterocycles. The number of hydrogen-bond donors (Lipinski definition) is 0. The molecule has 0 unspecified atom stereocenters. The fourth-order valence-electron chi connectivity index (χ4n) is 2.34. The largest absolute Gasteiger partial charge is 0.380 e. The van der Waals surface area contributed by atoms with E-state index in [4.69, 9.17) is 4.74 Å². The van der Waals surface area contributed by atoms with Crippen LogP contribution in [0.25, 0.3) is 0 Å². The van der Waals surface area contributed by atoms with E-state index in [9.17, 15) is 0 Å². The molecule has 1 fully saturated rings. The molecule has 0 saturated carbocycles. The first-order chi connectivity index (χ1) is 8.20. The molecule has 0 atom stereocenters. The number of ether oxygens (including phenoxy) is 1. The van der Waals surface area contributed by atoms with Crippen molar-refractivity contribution < 1.29 is 4.74 Å². The van der Waals surface area contributed by atoms with Gasteiger partial charge in [-0.1, -0.05) is 17.7 Å². The zero-order valence-corrected chi connectivity index (χ0v) is 11.1. The monoisotopic (exact) mass is 234 g/mol. The minimum atomic E-state index is 0.698. The molecule has 1 saturated heterocycles. The number of likely N-dealkylation sites (N-methyl/N-ethyl adjacent to an activating group) is 1. The molecular weight excluding hydrogens is 212 g/mol. The average molecular weight is 234 g/mol. The van der Waals surface area contributed by atoms with Gasteiger partial charge in [-0.2, -0.15) is 0 Å². The topological polar surface area (TPSA) is 15.7 Å². The zero-order valence-electron chi connectivity index (χ0n) is 11.1. The van der Waals surface area contributed by atoms with E-state index in [0.29, 0.717) is 6.61 Å². The number of piperazine rings is 1. The summed E-state index contributed by atoms with van der Waals surface area (Å²) in [6.45, 7) is 7.32. The summed E-state index contributed by atoms with van der Waals surface area (Å²) in [7, 11) is 3.94. The van der Waals surface area contributed by atoms with Gasteiger partial charge in [0.2, 0.25) is 0 Å². The van der Waals surface area contributed by atoms with Crippen LogP contribution in [0.1, 0.15) is 11.1 Å². The highest BCUT2D eigenvalue weighted by molar-refractivity contribution is 5.55. The van der Waals surface area contributed by atoms with Crippen LogP contribution in [-0.2, 0) is 11.3 Å². The van der Waals surface area contributed by atoms with Crippen molar-refractivity contribution in [1.29, 1.82) is 0 Å². The van der Waals surface area contributed by atoms with Gasteiger partial charge in [0.25, 0.3) is 0 Å². The van der Waals surface area contributed by atoms with Crippen LogP contribution >= 0.6 is 0 Å². The highest BCUT2D eigenvalue weighted by atomic mass is 16.5. The van der Waals surface area contributed by atoms with Gasteiger partial charge < -0.3 is 14.5 Å². The number of hydrogen-bond acceptors (Lipinski definition) is 3. The Balaban J connectivity index is 2.18. The van der Waals surface area contributed by atoms with Crippen molar-refractivity contribution in [3.05, 3.63) is 29.3 Å². The molecule has 0 amide bonds. The predicted molar refractivity (Wildman–Crippen MR) is 71.6 cm³/mol. The molecule has 0 radical (unpaired) electrons. The maximum absolute atomic E-state index is 5.30. The molecule has 0 spiro atoms. The Hall–Kier alpha value is -1.06. The smallest absolute Gasteiger partial charge is 0.0733 e. The highest BCUT2D eigenvalue weighted by Gasteiger charge is 2.16. The van der Waals surface area contributed by atoms with Crippen LogP contribution in [0.15, 0.2) is 18.2 Å². The molecule has 0 N–H and O–H groups in total. The maximum atomic E-state index is 5.30. The standard InChI is InChI=1S/C14H22N2O/c1-12-4-5-14(13(10-12)11-17-3)16-8-6-15(2)7-9-16/h4-5,10H,6-9,11H2,1-3H3. The number of methoxy groups -OCH3 is 1. The Morgan fingerprint density at radius 2 is 1.88 bits per heavy atom. The van der Waals surface area contributed by atoms with E-state index < -0.39 is 0 Å². The summed E-state index contributed by atoms with van der Waals surface area (Å²) in [6.07, 6.45) is 0. The molecule has 94 valence electrons. The van der Waals surface area contributed by atoms with Crippen LogP contribution in [-0.4, -0.2) is 45.2 Å². The quantitative estimate of drug-likeness (QED) is 0.794. The summed E-state index contributed by atoms with van der Waals surface area (Å²) in [5.74, 6) is 0. The van der Waals surface area contributed by atoms with E-state index in [2.05, 4.69) is 42.0 Å². The second kappa shape index (κ2) is 5.52. The summed E-state index contributed by atoms with van der Waals surface area (Å²) in [4.78, 5) is 4.84. The van der Waals surface area contributed by atoms with Crippen LogP contribution in [0.2, 0.25) is 0 Å². The van der Waals surface area contributed by atoms with E-state index in [-0.39, 0.29) is 0 Å². The van der Waals surface area contributed by atoms with Gasteiger partial charge in [0.1, 0.15) is 0 Å². The fraction of sp³-hybridized carbons (Fsp3) is 0.571. The summed E-state index contributed by atoms with van der Waals surface area (Å²) in [5, 5.41) is 0. The van der Waals surface area contributed by atoms with Crippen LogP contribution in [0.5, 0.6) is 0 Å². The first kappa shape index (κ1) is 12.4. The molecular formula is C14H22N2O. The molecule has 1 aliphatic heterocycles. The summed E-state index contributed by atoms with van der Waals surface area (Å²) < 4.78 is 5.30. The SMILES string of the molecule is COCc1cc(C)ccc1N1CCN(C)CC1. The van der Waals surface area contributed by atoms with Gasteiger partial charge in [0.05, 0.1) is 6.61 Å². The third-order valence-electron chi connectivity index (χ3n) is 3.38. The lowest BCUT2D eigenvalue weighted by atomic mass is 10.1. The Labute approximate surface area is 104 Å². The van der Waals surface area contributed by atoms with Crippen LogP contribution in [0, 0.1) is 6.92 Å². The molecule has 1 aromatic rings. The van der Waals surface area contributed by atoms with Gasteiger partial charge in [-0.3, -0.25) is 0 Å². The third kappa shape index (κ3) is 2.99. The van der Waals surface area contributed by atoms with Crippen molar-refractivity contribution in [2.24, 2.45) is 0 Å².